The van der Waals surface area contributed by atoms with E-state index in [4.69, 9.17) is 17.3 Å². The molecule has 0 unspecified atom stereocenters. The standard InChI is InChI=1S/C58H39N.C26H17Cl.C6H7N/c1-4-18-40(19-5-1)55-51-28-14-10-24-47(51)49-26-12-16-30-53(49)57(55)42-32-36-45(37-33-42)59(44-22-8-3-9-23-44)46-38-34-43(35-39-46)58-54-31-17-13-27-50(54)48-25-11-15-29-52(48)56(58)41-20-6-2-7-21-41;27-20-16-14-19(15-17-20)26-24-13-7-5-11-22(24)21-10-4-6-12-23(21)25(26)18-8-2-1-3-9-18;7-6-4-2-1-3-5-6/h1-39H;1-17H;1-5H,7H2. The van der Waals surface area contributed by atoms with Crippen molar-refractivity contribution in [3.63, 3.8) is 0 Å². The largest absolute Gasteiger partial charge is 0.399 e. The molecule has 2 nitrogen and oxygen atoms in total. The highest BCUT2D eigenvalue weighted by Gasteiger charge is 2.22. The number of fused-ring (bicyclic) bond motifs is 9. The van der Waals surface area contributed by atoms with Gasteiger partial charge in [0.1, 0.15) is 0 Å². The fourth-order valence-corrected chi connectivity index (χ4v) is 13.8. The third-order valence-electron chi connectivity index (χ3n) is 17.8. The lowest BCUT2D eigenvalue weighted by Gasteiger charge is -2.26. The number of benzene rings is 17. The van der Waals surface area contributed by atoms with Gasteiger partial charge in [0.2, 0.25) is 0 Å². The van der Waals surface area contributed by atoms with Crippen LogP contribution in [0.3, 0.4) is 0 Å². The van der Waals surface area contributed by atoms with E-state index in [0.29, 0.717) is 0 Å². The van der Waals surface area contributed by atoms with Gasteiger partial charge >= 0.3 is 0 Å². The van der Waals surface area contributed by atoms with Gasteiger partial charge in [0.25, 0.3) is 0 Å². The lowest BCUT2D eigenvalue weighted by atomic mass is 9.85. The van der Waals surface area contributed by atoms with E-state index in [-0.39, 0.29) is 0 Å². The molecule has 0 bridgehead atoms. The lowest BCUT2D eigenvalue weighted by molar-refractivity contribution is 1.28. The Morgan fingerprint density at radius 2 is 0.355 bits per heavy atom. The minimum absolute atomic E-state index is 0.755. The molecule has 93 heavy (non-hydrogen) atoms. The van der Waals surface area contributed by atoms with E-state index in [1.807, 2.05) is 42.5 Å². The molecule has 17 aromatic rings. The summed E-state index contributed by atoms with van der Waals surface area (Å²) in [6.07, 6.45) is 0. The molecule has 3 heteroatoms. The van der Waals surface area contributed by atoms with E-state index in [1.54, 1.807) is 0 Å². The Morgan fingerprint density at radius 3 is 0.591 bits per heavy atom. The third-order valence-corrected chi connectivity index (χ3v) is 18.0. The second-order valence-electron chi connectivity index (χ2n) is 23.3. The monoisotopic (exact) mass is 1210 g/mol. The summed E-state index contributed by atoms with van der Waals surface area (Å²) in [5, 5.41) is 16.0. The fourth-order valence-electron chi connectivity index (χ4n) is 13.7. The van der Waals surface area contributed by atoms with E-state index in [2.05, 4.69) is 332 Å². The minimum Gasteiger partial charge on any atom is -0.399 e. The Hall–Kier alpha value is -11.8. The molecule has 0 aliphatic heterocycles. The Morgan fingerprint density at radius 1 is 0.172 bits per heavy atom. The van der Waals surface area contributed by atoms with Gasteiger partial charge < -0.3 is 10.6 Å². The Kier molecular flexibility index (Phi) is 16.1. The van der Waals surface area contributed by atoms with Crippen molar-refractivity contribution in [2.45, 2.75) is 0 Å². The first-order valence-corrected chi connectivity index (χ1v) is 32.0. The maximum absolute atomic E-state index is 6.17. The molecule has 0 spiro atoms. The quantitative estimate of drug-likeness (QED) is 0.115. The molecule has 0 saturated carbocycles. The predicted molar refractivity (Wildman–Crippen MR) is 401 cm³/mol. The molecule has 17 rings (SSSR count). The first kappa shape index (κ1) is 57.6. The average Bonchev–Trinajstić information content (AvgIpc) is 0.759. The number of nitrogens with two attached hydrogens (primary N) is 1. The van der Waals surface area contributed by atoms with Gasteiger partial charge in [-0.3, -0.25) is 0 Å². The summed E-state index contributed by atoms with van der Waals surface area (Å²) >= 11 is 6.17. The van der Waals surface area contributed by atoms with Crippen molar-refractivity contribution in [1.82, 2.24) is 0 Å². The van der Waals surface area contributed by atoms with Gasteiger partial charge in [-0.15, -0.1) is 0 Å². The number of rotatable bonds is 9. The van der Waals surface area contributed by atoms with Crippen molar-refractivity contribution < 1.29 is 0 Å². The van der Waals surface area contributed by atoms with Crippen molar-refractivity contribution in [3.05, 3.63) is 375 Å². The zero-order valence-electron chi connectivity index (χ0n) is 51.1. The first-order valence-electron chi connectivity index (χ1n) is 31.6. The normalized spacial score (nSPS) is 11.1. The molecule has 440 valence electrons. The molecule has 0 radical (unpaired) electrons. The van der Waals surface area contributed by atoms with E-state index >= 15 is 0 Å². The summed E-state index contributed by atoms with van der Waals surface area (Å²) in [4.78, 5) is 2.36. The fraction of sp³-hybridized carbons (Fsp3) is 0. The van der Waals surface area contributed by atoms with Crippen molar-refractivity contribution in [2.75, 3.05) is 10.6 Å². The van der Waals surface area contributed by atoms with Crippen LogP contribution in [0.1, 0.15) is 0 Å². The maximum Gasteiger partial charge on any atom is 0.0462 e. The second-order valence-corrected chi connectivity index (χ2v) is 23.7. The summed E-state index contributed by atoms with van der Waals surface area (Å²) in [5.74, 6) is 0. The van der Waals surface area contributed by atoms with Gasteiger partial charge in [-0.1, -0.05) is 321 Å². The number of hydrogen-bond acceptors (Lipinski definition) is 2. The number of hydrogen-bond donors (Lipinski definition) is 1. The Balaban J connectivity index is 0.000000173. The van der Waals surface area contributed by atoms with Gasteiger partial charge in [0.15, 0.2) is 0 Å². The van der Waals surface area contributed by atoms with Crippen LogP contribution in [0.2, 0.25) is 5.02 Å². The topological polar surface area (TPSA) is 29.3 Å². The molecule has 17 aromatic carbocycles. The summed E-state index contributed by atoms with van der Waals surface area (Å²) < 4.78 is 0. The summed E-state index contributed by atoms with van der Waals surface area (Å²) in [6, 6.07) is 132. The number of nitrogens with zero attached hydrogens (tertiary/aromatic N) is 1. The van der Waals surface area contributed by atoms with E-state index in [9.17, 15) is 0 Å². The molecule has 0 heterocycles. The molecule has 2 N–H and O–H groups in total. The van der Waals surface area contributed by atoms with Gasteiger partial charge in [-0.05, 0) is 192 Å². The van der Waals surface area contributed by atoms with Crippen LogP contribution < -0.4 is 10.6 Å². The van der Waals surface area contributed by atoms with Crippen LogP contribution in [0.15, 0.2) is 370 Å². The number of anilines is 4. The van der Waals surface area contributed by atoms with Crippen LogP contribution >= 0.6 is 11.6 Å². The van der Waals surface area contributed by atoms with E-state index in [1.165, 1.54) is 131 Å². The summed E-state index contributed by atoms with van der Waals surface area (Å²) in [5.41, 5.74) is 24.3. The van der Waals surface area contributed by atoms with Crippen molar-refractivity contribution in [3.8, 4) is 66.8 Å². The highest BCUT2D eigenvalue weighted by molar-refractivity contribution is 6.31. The molecule has 0 atom stereocenters. The summed E-state index contributed by atoms with van der Waals surface area (Å²) in [6.45, 7) is 0. The first-order chi connectivity index (χ1) is 46.0. The van der Waals surface area contributed by atoms with Gasteiger partial charge in [0.05, 0.1) is 0 Å². The number of halogens is 1. The van der Waals surface area contributed by atoms with Gasteiger partial charge in [0, 0.05) is 27.8 Å². The molecule has 0 aliphatic rings. The molecule has 0 fully saturated rings. The average molecular weight is 1210 g/mol. The van der Waals surface area contributed by atoms with Crippen LogP contribution in [0.5, 0.6) is 0 Å². The second kappa shape index (κ2) is 26.0. The van der Waals surface area contributed by atoms with Gasteiger partial charge in [-0.2, -0.15) is 0 Å². The highest BCUT2D eigenvalue weighted by Crippen LogP contribution is 2.49. The summed E-state index contributed by atoms with van der Waals surface area (Å²) in [7, 11) is 0. The molecule has 0 saturated heterocycles. The smallest absolute Gasteiger partial charge is 0.0462 e. The van der Waals surface area contributed by atoms with Crippen molar-refractivity contribution in [2.24, 2.45) is 0 Å². The van der Waals surface area contributed by atoms with Crippen molar-refractivity contribution in [1.29, 1.82) is 0 Å². The van der Waals surface area contributed by atoms with E-state index in [0.717, 1.165) is 27.8 Å². The zero-order chi connectivity index (χ0) is 62.5. The minimum atomic E-state index is 0.755. The van der Waals surface area contributed by atoms with Gasteiger partial charge in [-0.25, -0.2) is 0 Å². The number of para-hydroxylation sites is 2. The molecule has 0 aliphatic carbocycles. The van der Waals surface area contributed by atoms with Crippen LogP contribution in [0.25, 0.3) is 131 Å². The molecule has 0 aromatic heterocycles. The Bertz CT molecular complexity index is 5260. The maximum atomic E-state index is 6.17. The molecular formula is C90H63ClN2. The van der Waals surface area contributed by atoms with E-state index < -0.39 is 0 Å². The highest BCUT2D eigenvalue weighted by atomic mass is 35.5. The predicted octanol–water partition coefficient (Wildman–Crippen LogP) is 25.7. The SMILES string of the molecule is Clc1ccc(-c2c(-c3ccccc3)c3ccccc3c3ccccc23)cc1.Nc1ccccc1.c1ccc(-c2c(-c3ccc(N(c4ccccc4)c4ccc(-c5c(-c6ccccc6)c6ccccc6c6ccccc56)cc4)cc3)c3ccccc3c3ccccc23)cc1. The lowest BCUT2D eigenvalue weighted by Crippen LogP contribution is -2.09. The van der Waals surface area contributed by atoms with Crippen LogP contribution in [-0.2, 0) is 0 Å². The van der Waals surface area contributed by atoms with Crippen LogP contribution in [-0.4, -0.2) is 0 Å². The molecular weight excluding hydrogens is 1140 g/mol. The molecule has 0 amide bonds. The van der Waals surface area contributed by atoms with Crippen molar-refractivity contribution >= 4 is 99.0 Å². The Labute approximate surface area is 548 Å². The van der Waals surface area contributed by atoms with Crippen LogP contribution in [0, 0.1) is 0 Å². The van der Waals surface area contributed by atoms with Crippen LogP contribution in [0.4, 0.5) is 22.7 Å². The third kappa shape index (κ3) is 11.3. The zero-order valence-corrected chi connectivity index (χ0v) is 51.9. The number of nitrogen functional groups attached to an aromatic ring is 1.